The van der Waals surface area contributed by atoms with Crippen molar-refractivity contribution in [2.75, 3.05) is 19.6 Å². The van der Waals surface area contributed by atoms with Crippen molar-refractivity contribution >= 4 is 18.0 Å². The maximum atomic E-state index is 13.9. The number of carbonyl (C=O) groups excluding carboxylic acids is 3. The lowest BCUT2D eigenvalue weighted by Crippen LogP contribution is -2.53. The van der Waals surface area contributed by atoms with E-state index in [-0.39, 0.29) is 24.3 Å². The van der Waals surface area contributed by atoms with E-state index >= 15 is 0 Å². The van der Waals surface area contributed by atoms with Gasteiger partial charge in [-0.1, -0.05) is 48.5 Å². The molecule has 3 fully saturated rings. The lowest BCUT2D eigenvalue weighted by Gasteiger charge is -2.45. The van der Waals surface area contributed by atoms with Crippen LogP contribution in [-0.2, 0) is 28.0 Å². The monoisotopic (exact) mass is 523 g/mol. The van der Waals surface area contributed by atoms with Gasteiger partial charge in [-0.05, 0) is 85.6 Å². The third-order valence-electron chi connectivity index (χ3n) is 8.76. The molecule has 6 heteroatoms. The Hall–Kier alpha value is -3.77. The second kappa shape index (κ2) is 10.8. The molecule has 2 bridgehead atoms. The molecular formula is C33H33NO5. The number of piperidine rings is 3. The van der Waals surface area contributed by atoms with Gasteiger partial charge in [0, 0.05) is 24.1 Å². The van der Waals surface area contributed by atoms with Gasteiger partial charge >= 0.3 is 5.97 Å². The van der Waals surface area contributed by atoms with E-state index in [0.717, 1.165) is 61.9 Å². The molecule has 0 amide bonds. The number of nitrogens with zero attached hydrogens (tertiary/aromatic N) is 1. The first-order chi connectivity index (χ1) is 19.0. The van der Waals surface area contributed by atoms with Gasteiger partial charge in [-0.2, -0.15) is 0 Å². The highest BCUT2D eigenvalue weighted by Crippen LogP contribution is 2.44. The third kappa shape index (κ3) is 5.13. The SMILES string of the molecule is O=Cc1ccc(COc2ccc(C(=O)CC3(C(=O)O[C@H]4CN5CCC4CC5)CCc4ccccc43)cc2)cc1. The largest absolute Gasteiger partial charge is 0.489 e. The number of hydrogen-bond donors (Lipinski definition) is 0. The standard InChI is InChI=1S/C33H33NO5/c35-21-23-5-7-24(8-6-23)22-38-28-11-9-26(10-12-28)30(36)19-33(16-13-25-3-1-2-4-29(25)33)32(37)39-31-20-34-17-14-27(31)15-18-34/h1-12,21,27,31H,13-20,22H2/t31-,33?/m0/s1. The molecule has 0 spiro atoms. The first-order valence-corrected chi connectivity index (χ1v) is 13.9. The number of fused-ring (bicyclic) bond motifs is 4. The summed E-state index contributed by atoms with van der Waals surface area (Å²) in [7, 11) is 0. The van der Waals surface area contributed by atoms with E-state index < -0.39 is 5.41 Å². The molecular weight excluding hydrogens is 490 g/mol. The van der Waals surface area contributed by atoms with Crippen LogP contribution in [0.1, 0.15) is 63.1 Å². The van der Waals surface area contributed by atoms with E-state index in [1.165, 1.54) is 0 Å². The molecule has 3 heterocycles. The number of Topliss-reactive ketones (excluding diaryl/α,β-unsaturated/α-hetero) is 1. The fourth-order valence-corrected chi connectivity index (χ4v) is 6.42. The molecule has 4 aliphatic rings. The summed E-state index contributed by atoms with van der Waals surface area (Å²) in [5.74, 6) is 0.737. The molecule has 39 heavy (non-hydrogen) atoms. The fourth-order valence-electron chi connectivity index (χ4n) is 6.42. The topological polar surface area (TPSA) is 72.9 Å². The van der Waals surface area contributed by atoms with Gasteiger partial charge in [0.15, 0.2) is 5.78 Å². The lowest BCUT2D eigenvalue weighted by molar-refractivity contribution is -0.166. The highest BCUT2D eigenvalue weighted by Gasteiger charge is 2.50. The summed E-state index contributed by atoms with van der Waals surface area (Å²) in [4.78, 5) is 40.7. The Morgan fingerprint density at radius 3 is 2.38 bits per heavy atom. The molecule has 3 aromatic rings. The minimum atomic E-state index is -0.956. The van der Waals surface area contributed by atoms with Crippen LogP contribution in [0.25, 0.3) is 0 Å². The molecule has 0 saturated carbocycles. The predicted octanol–water partition coefficient (Wildman–Crippen LogP) is 5.17. The molecule has 3 saturated heterocycles. The van der Waals surface area contributed by atoms with E-state index in [1.54, 1.807) is 36.4 Å². The zero-order valence-corrected chi connectivity index (χ0v) is 22.0. The van der Waals surface area contributed by atoms with Crippen LogP contribution < -0.4 is 4.74 Å². The van der Waals surface area contributed by atoms with Crippen LogP contribution in [0.2, 0.25) is 0 Å². The number of ether oxygens (including phenoxy) is 2. The van der Waals surface area contributed by atoms with Crippen molar-refractivity contribution in [3.63, 3.8) is 0 Å². The Kier molecular flexibility index (Phi) is 7.05. The van der Waals surface area contributed by atoms with Gasteiger partial charge in [0.25, 0.3) is 0 Å². The number of rotatable bonds is 9. The number of ketones is 1. The maximum absolute atomic E-state index is 13.9. The normalized spacial score (nSPS) is 25.1. The Balaban J connectivity index is 1.17. The summed E-state index contributed by atoms with van der Waals surface area (Å²) in [5.41, 5.74) is 3.23. The maximum Gasteiger partial charge on any atom is 0.317 e. The van der Waals surface area contributed by atoms with Crippen LogP contribution in [0.4, 0.5) is 0 Å². The number of esters is 1. The second-order valence-corrected chi connectivity index (χ2v) is 11.1. The average molecular weight is 524 g/mol. The number of benzene rings is 3. The first kappa shape index (κ1) is 25.5. The van der Waals surface area contributed by atoms with Crippen molar-refractivity contribution in [2.24, 2.45) is 5.92 Å². The molecule has 0 aromatic heterocycles. The van der Waals surface area contributed by atoms with Crippen LogP contribution in [0.3, 0.4) is 0 Å². The minimum Gasteiger partial charge on any atom is -0.489 e. The molecule has 7 rings (SSSR count). The van der Waals surface area contributed by atoms with Gasteiger partial charge in [0.05, 0.1) is 0 Å². The highest BCUT2D eigenvalue weighted by molar-refractivity contribution is 6.01. The van der Waals surface area contributed by atoms with Crippen LogP contribution >= 0.6 is 0 Å². The van der Waals surface area contributed by atoms with Crippen molar-refractivity contribution in [1.82, 2.24) is 4.90 Å². The summed E-state index contributed by atoms with van der Waals surface area (Å²) < 4.78 is 12.1. The second-order valence-electron chi connectivity index (χ2n) is 11.1. The van der Waals surface area contributed by atoms with Crippen LogP contribution in [-0.4, -0.2) is 48.7 Å². The molecule has 200 valence electrons. The Morgan fingerprint density at radius 1 is 0.949 bits per heavy atom. The van der Waals surface area contributed by atoms with E-state index in [0.29, 0.717) is 35.8 Å². The quantitative estimate of drug-likeness (QED) is 0.219. The smallest absolute Gasteiger partial charge is 0.317 e. The predicted molar refractivity (Wildman–Crippen MR) is 147 cm³/mol. The Morgan fingerprint density at radius 2 is 1.69 bits per heavy atom. The van der Waals surface area contributed by atoms with Crippen LogP contribution in [0, 0.1) is 5.92 Å². The number of carbonyl (C=O) groups is 3. The molecule has 3 aliphatic heterocycles. The highest BCUT2D eigenvalue weighted by atomic mass is 16.5. The number of aldehydes is 1. The molecule has 2 atom stereocenters. The molecule has 0 N–H and O–H groups in total. The number of hydrogen-bond acceptors (Lipinski definition) is 6. The van der Waals surface area contributed by atoms with E-state index in [1.807, 2.05) is 30.3 Å². The van der Waals surface area contributed by atoms with Crippen molar-refractivity contribution in [3.8, 4) is 5.75 Å². The molecule has 3 aromatic carbocycles. The molecule has 1 aliphatic carbocycles. The molecule has 1 unspecified atom stereocenters. The van der Waals surface area contributed by atoms with Gasteiger partial charge in [0.2, 0.25) is 0 Å². The van der Waals surface area contributed by atoms with Gasteiger partial charge in [-0.25, -0.2) is 0 Å². The Labute approximate surface area is 228 Å². The summed E-state index contributed by atoms with van der Waals surface area (Å²) in [6.07, 6.45) is 4.30. The van der Waals surface area contributed by atoms with Crippen LogP contribution in [0.15, 0.2) is 72.8 Å². The summed E-state index contributed by atoms with van der Waals surface area (Å²) in [5, 5.41) is 0. The Bertz CT molecular complexity index is 1360. The van der Waals surface area contributed by atoms with Gasteiger partial charge in [-0.3, -0.25) is 19.3 Å². The third-order valence-corrected chi connectivity index (χ3v) is 8.76. The van der Waals surface area contributed by atoms with Crippen molar-refractivity contribution in [2.45, 2.75) is 50.2 Å². The zero-order chi connectivity index (χ0) is 26.8. The van der Waals surface area contributed by atoms with Crippen molar-refractivity contribution < 1.29 is 23.9 Å². The molecule has 6 nitrogen and oxygen atoms in total. The first-order valence-electron chi connectivity index (χ1n) is 13.9. The zero-order valence-electron chi connectivity index (χ0n) is 22.0. The molecule has 0 radical (unpaired) electrons. The van der Waals surface area contributed by atoms with E-state index in [2.05, 4.69) is 11.0 Å². The van der Waals surface area contributed by atoms with E-state index in [4.69, 9.17) is 9.47 Å². The fraction of sp³-hybridized carbons (Fsp3) is 0.364. The summed E-state index contributed by atoms with van der Waals surface area (Å²) in [6.45, 7) is 3.32. The van der Waals surface area contributed by atoms with Crippen molar-refractivity contribution in [3.05, 3.63) is 101 Å². The summed E-state index contributed by atoms with van der Waals surface area (Å²) >= 11 is 0. The van der Waals surface area contributed by atoms with Crippen molar-refractivity contribution in [1.29, 1.82) is 0 Å². The van der Waals surface area contributed by atoms with Gasteiger partial charge < -0.3 is 9.47 Å². The van der Waals surface area contributed by atoms with Crippen LogP contribution in [0.5, 0.6) is 5.75 Å². The van der Waals surface area contributed by atoms with Gasteiger partial charge in [-0.15, -0.1) is 0 Å². The lowest BCUT2D eigenvalue weighted by atomic mass is 9.76. The van der Waals surface area contributed by atoms with E-state index in [9.17, 15) is 14.4 Å². The summed E-state index contributed by atoms with van der Waals surface area (Å²) in [6, 6.07) is 22.3. The number of aryl methyl sites for hydroxylation is 1. The van der Waals surface area contributed by atoms with Gasteiger partial charge in [0.1, 0.15) is 30.2 Å². The minimum absolute atomic E-state index is 0.0754. The average Bonchev–Trinajstić information content (AvgIpc) is 3.36.